The van der Waals surface area contributed by atoms with Crippen molar-refractivity contribution in [2.75, 3.05) is 5.32 Å². The standard InChI is InChI=1S/C22H22N4O3/c27-20(13-19-15-9-3-4-10-16(15)22(29)26-25-19)24-18-12-6-5-11-17(18)21(28)23-14-7-1-2-8-14/h3-6,9-12,14H,1-2,7-8,13H2,(H,23,28)(H,24,27)(H,26,29). The van der Waals surface area contributed by atoms with E-state index in [0.29, 0.717) is 27.7 Å². The van der Waals surface area contributed by atoms with Gasteiger partial charge in [-0.3, -0.25) is 14.4 Å². The van der Waals surface area contributed by atoms with Gasteiger partial charge < -0.3 is 10.6 Å². The van der Waals surface area contributed by atoms with Gasteiger partial charge in [-0.1, -0.05) is 43.2 Å². The third kappa shape index (κ3) is 4.18. The summed E-state index contributed by atoms with van der Waals surface area (Å²) < 4.78 is 0. The van der Waals surface area contributed by atoms with Crippen LogP contribution in [0.1, 0.15) is 41.7 Å². The first-order valence-electron chi connectivity index (χ1n) is 9.78. The van der Waals surface area contributed by atoms with Gasteiger partial charge in [-0.25, -0.2) is 5.10 Å². The topological polar surface area (TPSA) is 104 Å². The van der Waals surface area contributed by atoms with Gasteiger partial charge in [0, 0.05) is 11.4 Å². The average Bonchev–Trinajstić information content (AvgIpc) is 3.24. The summed E-state index contributed by atoms with van der Waals surface area (Å²) in [7, 11) is 0. The fourth-order valence-electron chi connectivity index (χ4n) is 3.78. The Morgan fingerprint density at radius 3 is 2.48 bits per heavy atom. The van der Waals surface area contributed by atoms with Crippen LogP contribution in [0.5, 0.6) is 0 Å². The third-order valence-corrected chi connectivity index (χ3v) is 5.24. The van der Waals surface area contributed by atoms with Crippen LogP contribution >= 0.6 is 0 Å². The zero-order chi connectivity index (χ0) is 20.2. The quantitative estimate of drug-likeness (QED) is 0.623. The molecule has 2 amide bonds. The number of amides is 2. The smallest absolute Gasteiger partial charge is 0.272 e. The van der Waals surface area contributed by atoms with E-state index in [2.05, 4.69) is 20.8 Å². The van der Waals surface area contributed by atoms with Crippen LogP contribution in [-0.2, 0) is 11.2 Å². The Hall–Kier alpha value is -3.48. The molecule has 0 radical (unpaired) electrons. The molecule has 4 rings (SSSR count). The number of anilines is 1. The van der Waals surface area contributed by atoms with Gasteiger partial charge in [0.25, 0.3) is 11.5 Å². The van der Waals surface area contributed by atoms with E-state index >= 15 is 0 Å². The van der Waals surface area contributed by atoms with E-state index in [1.54, 1.807) is 48.5 Å². The Labute approximate surface area is 167 Å². The van der Waals surface area contributed by atoms with Gasteiger partial charge in [0.15, 0.2) is 0 Å². The van der Waals surface area contributed by atoms with Crippen molar-refractivity contribution in [3.05, 3.63) is 70.1 Å². The van der Waals surface area contributed by atoms with Crippen molar-refractivity contribution >= 4 is 28.3 Å². The van der Waals surface area contributed by atoms with E-state index < -0.39 is 0 Å². The van der Waals surface area contributed by atoms with Crippen LogP contribution in [-0.4, -0.2) is 28.1 Å². The highest BCUT2D eigenvalue weighted by atomic mass is 16.2. The molecule has 0 unspecified atom stereocenters. The Kier molecular flexibility index (Phi) is 5.37. The lowest BCUT2D eigenvalue weighted by molar-refractivity contribution is -0.115. The van der Waals surface area contributed by atoms with Crippen LogP contribution < -0.4 is 16.2 Å². The molecular formula is C22H22N4O3. The van der Waals surface area contributed by atoms with Crippen molar-refractivity contribution in [3.63, 3.8) is 0 Å². The fourth-order valence-corrected chi connectivity index (χ4v) is 3.78. The molecule has 3 aromatic rings. The minimum Gasteiger partial charge on any atom is -0.349 e. The van der Waals surface area contributed by atoms with E-state index in [9.17, 15) is 14.4 Å². The number of benzene rings is 2. The van der Waals surface area contributed by atoms with Crippen LogP contribution in [0.4, 0.5) is 5.69 Å². The van der Waals surface area contributed by atoms with Gasteiger partial charge in [0.05, 0.1) is 28.8 Å². The van der Waals surface area contributed by atoms with Crippen LogP contribution in [0.3, 0.4) is 0 Å². The molecule has 0 aliphatic heterocycles. The van der Waals surface area contributed by atoms with Crippen molar-refractivity contribution in [2.45, 2.75) is 38.1 Å². The lowest BCUT2D eigenvalue weighted by atomic mass is 10.1. The molecule has 1 heterocycles. The molecule has 1 aliphatic rings. The highest BCUT2D eigenvalue weighted by Crippen LogP contribution is 2.21. The maximum atomic E-state index is 12.7. The number of rotatable bonds is 5. The molecule has 3 N–H and O–H groups in total. The summed E-state index contributed by atoms with van der Waals surface area (Å²) in [5, 5.41) is 13.5. The lowest BCUT2D eigenvalue weighted by Gasteiger charge is -2.15. The number of fused-ring (bicyclic) bond motifs is 1. The van der Waals surface area contributed by atoms with Crippen molar-refractivity contribution in [1.29, 1.82) is 0 Å². The Morgan fingerprint density at radius 2 is 1.69 bits per heavy atom. The molecule has 0 bridgehead atoms. The summed E-state index contributed by atoms with van der Waals surface area (Å²) >= 11 is 0. The van der Waals surface area contributed by atoms with Gasteiger partial charge in [-0.05, 0) is 31.0 Å². The van der Waals surface area contributed by atoms with Crippen molar-refractivity contribution in [1.82, 2.24) is 15.5 Å². The van der Waals surface area contributed by atoms with Gasteiger partial charge in [-0.2, -0.15) is 5.10 Å². The number of para-hydroxylation sites is 1. The van der Waals surface area contributed by atoms with E-state index in [1.807, 2.05) is 0 Å². The average molecular weight is 390 g/mol. The first-order valence-corrected chi connectivity index (χ1v) is 9.78. The van der Waals surface area contributed by atoms with Crippen molar-refractivity contribution < 1.29 is 9.59 Å². The van der Waals surface area contributed by atoms with Crippen LogP contribution in [0.2, 0.25) is 0 Å². The van der Waals surface area contributed by atoms with Crippen LogP contribution in [0.25, 0.3) is 10.8 Å². The summed E-state index contributed by atoms with van der Waals surface area (Å²) in [4.78, 5) is 37.2. The number of H-pyrrole nitrogens is 1. The number of nitrogens with one attached hydrogen (secondary N) is 3. The minimum atomic E-state index is -0.309. The highest BCUT2D eigenvalue weighted by Gasteiger charge is 2.20. The van der Waals surface area contributed by atoms with Crippen LogP contribution in [0, 0.1) is 0 Å². The van der Waals surface area contributed by atoms with E-state index in [1.165, 1.54) is 0 Å². The summed E-state index contributed by atoms with van der Waals surface area (Å²) in [5.74, 6) is -0.490. The normalized spacial score (nSPS) is 14.1. The Morgan fingerprint density at radius 1 is 1.00 bits per heavy atom. The molecule has 1 saturated carbocycles. The third-order valence-electron chi connectivity index (χ3n) is 5.24. The molecule has 148 valence electrons. The monoisotopic (exact) mass is 390 g/mol. The second kappa shape index (κ2) is 8.26. The van der Waals surface area contributed by atoms with Crippen molar-refractivity contribution in [3.8, 4) is 0 Å². The first-order chi connectivity index (χ1) is 14.1. The minimum absolute atomic E-state index is 0.0180. The molecule has 1 aromatic heterocycles. The summed E-state index contributed by atoms with van der Waals surface area (Å²) in [6.07, 6.45) is 4.22. The predicted octanol–water partition coefficient (Wildman–Crippen LogP) is 2.78. The SMILES string of the molecule is O=C(Cc1n[nH]c(=O)c2ccccc12)Nc1ccccc1C(=O)NC1CCCC1. The van der Waals surface area contributed by atoms with Crippen LogP contribution in [0.15, 0.2) is 53.3 Å². The molecule has 2 aromatic carbocycles. The number of hydrogen-bond donors (Lipinski definition) is 3. The van der Waals surface area contributed by atoms with Gasteiger partial charge in [0.2, 0.25) is 5.91 Å². The molecule has 1 fully saturated rings. The molecule has 7 heteroatoms. The first kappa shape index (κ1) is 18.9. The van der Waals surface area contributed by atoms with Gasteiger partial charge in [0.1, 0.15) is 0 Å². The molecule has 0 saturated heterocycles. The molecular weight excluding hydrogens is 368 g/mol. The Bertz CT molecular complexity index is 1120. The number of nitrogens with zero attached hydrogens (tertiary/aromatic N) is 1. The number of carbonyl (C=O) groups is 2. The molecule has 7 nitrogen and oxygen atoms in total. The molecule has 0 spiro atoms. The van der Waals surface area contributed by atoms with Gasteiger partial charge >= 0.3 is 0 Å². The van der Waals surface area contributed by atoms with E-state index in [-0.39, 0.29) is 29.8 Å². The lowest BCUT2D eigenvalue weighted by Crippen LogP contribution is -2.33. The Balaban J connectivity index is 1.51. The van der Waals surface area contributed by atoms with Crippen molar-refractivity contribution in [2.24, 2.45) is 0 Å². The molecule has 1 aliphatic carbocycles. The summed E-state index contributed by atoms with van der Waals surface area (Å²) in [6.45, 7) is 0. The second-order valence-electron chi connectivity index (χ2n) is 7.27. The molecule has 0 atom stereocenters. The molecule has 29 heavy (non-hydrogen) atoms. The number of aromatic amines is 1. The van der Waals surface area contributed by atoms with E-state index in [4.69, 9.17) is 0 Å². The number of aromatic nitrogens is 2. The zero-order valence-electron chi connectivity index (χ0n) is 15.9. The second-order valence-corrected chi connectivity index (χ2v) is 7.27. The number of carbonyl (C=O) groups excluding carboxylic acids is 2. The zero-order valence-corrected chi connectivity index (χ0v) is 15.9. The summed E-state index contributed by atoms with van der Waals surface area (Å²) in [6, 6.07) is 14.2. The number of hydrogen-bond acceptors (Lipinski definition) is 4. The summed E-state index contributed by atoms with van der Waals surface area (Å²) in [5.41, 5.74) is 1.08. The van der Waals surface area contributed by atoms with Gasteiger partial charge in [-0.15, -0.1) is 0 Å². The van der Waals surface area contributed by atoms with E-state index in [0.717, 1.165) is 25.7 Å². The maximum absolute atomic E-state index is 12.7. The largest absolute Gasteiger partial charge is 0.349 e. The fraction of sp³-hybridized carbons (Fsp3) is 0.273. The highest BCUT2D eigenvalue weighted by molar-refractivity contribution is 6.04. The maximum Gasteiger partial charge on any atom is 0.272 e. The predicted molar refractivity (Wildman–Crippen MR) is 111 cm³/mol.